The highest BCUT2D eigenvalue weighted by molar-refractivity contribution is 6.48. The first-order valence-corrected chi connectivity index (χ1v) is 3.63. The number of nitrogens with zero attached hydrogens (tertiary/aromatic N) is 1. The lowest BCUT2D eigenvalue weighted by atomic mass is 10.2. The van der Waals surface area contributed by atoms with Crippen LogP contribution in [0.15, 0.2) is 30.3 Å². The molecule has 1 nitrogen and oxygen atoms in total. The maximum atomic E-state index is 12.6. The summed E-state index contributed by atoms with van der Waals surface area (Å²) in [6.45, 7) is 0. The van der Waals surface area contributed by atoms with Gasteiger partial charge in [0.05, 0.1) is 11.1 Å². The summed E-state index contributed by atoms with van der Waals surface area (Å²) in [7, 11) is 0. The normalized spacial score (nSPS) is 10.9. The van der Waals surface area contributed by atoms with Crippen LogP contribution in [-0.4, -0.2) is 0 Å². The SMILES string of the molecule is N#C/C=C(\Cl)c1cccc(F)c1. The van der Waals surface area contributed by atoms with Gasteiger partial charge in [-0.15, -0.1) is 0 Å². The second-order valence-corrected chi connectivity index (χ2v) is 2.54. The van der Waals surface area contributed by atoms with Crippen LogP contribution in [0.2, 0.25) is 0 Å². The van der Waals surface area contributed by atoms with E-state index in [0.717, 1.165) is 6.08 Å². The first kappa shape index (κ1) is 8.76. The average Bonchev–Trinajstić information content (AvgIpc) is 2.05. The average molecular weight is 182 g/mol. The van der Waals surface area contributed by atoms with Crippen LogP contribution in [0, 0.1) is 17.1 Å². The highest BCUT2D eigenvalue weighted by atomic mass is 35.5. The Morgan fingerprint density at radius 2 is 2.33 bits per heavy atom. The molecule has 0 saturated heterocycles. The van der Waals surface area contributed by atoms with E-state index in [9.17, 15) is 4.39 Å². The Morgan fingerprint density at radius 3 is 2.92 bits per heavy atom. The zero-order valence-electron chi connectivity index (χ0n) is 6.09. The number of hydrogen-bond donors (Lipinski definition) is 0. The molecule has 0 bridgehead atoms. The summed E-state index contributed by atoms with van der Waals surface area (Å²) in [5, 5.41) is 8.51. The van der Waals surface area contributed by atoms with Crippen LogP contribution in [0.5, 0.6) is 0 Å². The van der Waals surface area contributed by atoms with E-state index < -0.39 is 0 Å². The van der Waals surface area contributed by atoms with Crippen LogP contribution in [0.1, 0.15) is 5.56 Å². The zero-order valence-corrected chi connectivity index (χ0v) is 6.85. The van der Waals surface area contributed by atoms with E-state index in [0.29, 0.717) is 5.56 Å². The van der Waals surface area contributed by atoms with E-state index in [4.69, 9.17) is 16.9 Å². The molecular weight excluding hydrogens is 177 g/mol. The minimum absolute atomic E-state index is 0.247. The Labute approximate surface area is 74.7 Å². The van der Waals surface area contributed by atoms with Gasteiger partial charge in [0.15, 0.2) is 0 Å². The topological polar surface area (TPSA) is 23.8 Å². The maximum absolute atomic E-state index is 12.6. The van der Waals surface area contributed by atoms with E-state index in [1.807, 2.05) is 0 Å². The van der Waals surface area contributed by atoms with Crippen LogP contribution >= 0.6 is 11.6 Å². The van der Waals surface area contributed by atoms with Gasteiger partial charge in [0.1, 0.15) is 5.82 Å². The molecule has 60 valence electrons. The second kappa shape index (κ2) is 3.89. The van der Waals surface area contributed by atoms with E-state index in [-0.39, 0.29) is 10.8 Å². The van der Waals surface area contributed by atoms with Crippen molar-refractivity contribution in [2.45, 2.75) is 0 Å². The lowest BCUT2D eigenvalue weighted by molar-refractivity contribution is 0.627. The molecule has 0 N–H and O–H groups in total. The Morgan fingerprint density at radius 1 is 1.58 bits per heavy atom. The van der Waals surface area contributed by atoms with Crippen molar-refractivity contribution in [3.8, 4) is 6.07 Å². The van der Waals surface area contributed by atoms with Crippen LogP contribution in [0.25, 0.3) is 5.03 Å². The summed E-state index contributed by atoms with van der Waals surface area (Å²) in [4.78, 5) is 0. The Hall–Kier alpha value is -1.33. The number of nitriles is 1. The second-order valence-electron chi connectivity index (χ2n) is 2.13. The van der Waals surface area contributed by atoms with Gasteiger partial charge in [0.25, 0.3) is 0 Å². The molecule has 0 atom stereocenters. The fourth-order valence-electron chi connectivity index (χ4n) is 0.777. The van der Waals surface area contributed by atoms with E-state index >= 15 is 0 Å². The summed E-state index contributed by atoms with van der Waals surface area (Å²) in [6, 6.07) is 7.54. The molecule has 3 heteroatoms. The van der Waals surface area contributed by atoms with Crippen molar-refractivity contribution >= 4 is 16.6 Å². The lowest BCUT2D eigenvalue weighted by Gasteiger charge is -1.95. The molecule has 1 aromatic rings. The van der Waals surface area contributed by atoms with Gasteiger partial charge in [-0.3, -0.25) is 0 Å². The standard InChI is InChI=1S/C9H5ClFN/c10-9(4-5-12)7-2-1-3-8(11)6-7/h1-4,6H/b9-4-. The highest BCUT2D eigenvalue weighted by Crippen LogP contribution is 2.18. The van der Waals surface area contributed by atoms with Gasteiger partial charge in [-0.25, -0.2) is 4.39 Å². The zero-order chi connectivity index (χ0) is 8.97. The molecule has 12 heavy (non-hydrogen) atoms. The van der Waals surface area contributed by atoms with Gasteiger partial charge < -0.3 is 0 Å². The van der Waals surface area contributed by atoms with Gasteiger partial charge in [-0.05, 0) is 17.7 Å². The summed E-state index contributed by atoms with van der Waals surface area (Å²) < 4.78 is 12.6. The fraction of sp³-hybridized carbons (Fsp3) is 0. The third-order valence-corrected chi connectivity index (χ3v) is 1.62. The molecule has 0 aliphatic rings. The smallest absolute Gasteiger partial charge is 0.123 e. The van der Waals surface area contributed by atoms with Crippen molar-refractivity contribution in [3.05, 3.63) is 41.7 Å². The molecule has 0 amide bonds. The Kier molecular flexibility index (Phi) is 2.84. The number of benzene rings is 1. The van der Waals surface area contributed by atoms with E-state index in [1.54, 1.807) is 12.1 Å². The van der Waals surface area contributed by atoms with Gasteiger partial charge in [-0.1, -0.05) is 23.7 Å². The van der Waals surface area contributed by atoms with Crippen molar-refractivity contribution in [3.63, 3.8) is 0 Å². The third kappa shape index (κ3) is 2.08. The van der Waals surface area contributed by atoms with Crippen molar-refractivity contribution < 1.29 is 4.39 Å². The molecule has 0 fully saturated rings. The molecule has 0 aliphatic carbocycles. The summed E-state index contributed by atoms with van der Waals surface area (Å²) in [6.07, 6.45) is 1.16. The van der Waals surface area contributed by atoms with Gasteiger partial charge in [0, 0.05) is 6.08 Å². The minimum Gasteiger partial charge on any atom is -0.207 e. The van der Waals surface area contributed by atoms with Crippen LogP contribution in [-0.2, 0) is 0 Å². The lowest BCUT2D eigenvalue weighted by Crippen LogP contribution is -1.78. The number of halogens is 2. The van der Waals surface area contributed by atoms with Crippen molar-refractivity contribution in [2.75, 3.05) is 0 Å². The van der Waals surface area contributed by atoms with Crippen molar-refractivity contribution in [2.24, 2.45) is 0 Å². The van der Waals surface area contributed by atoms with Gasteiger partial charge in [-0.2, -0.15) is 5.26 Å². The van der Waals surface area contributed by atoms with Gasteiger partial charge >= 0.3 is 0 Å². The van der Waals surface area contributed by atoms with Crippen LogP contribution in [0.3, 0.4) is 0 Å². The number of rotatable bonds is 1. The predicted octanol–water partition coefficient (Wildman–Crippen LogP) is 2.93. The first-order chi connectivity index (χ1) is 5.74. The number of allylic oxidation sites excluding steroid dienone is 1. The van der Waals surface area contributed by atoms with Crippen molar-refractivity contribution in [1.29, 1.82) is 5.26 Å². The quantitative estimate of drug-likeness (QED) is 0.611. The Balaban J connectivity index is 3.05. The first-order valence-electron chi connectivity index (χ1n) is 3.25. The molecule has 0 saturated carbocycles. The van der Waals surface area contributed by atoms with E-state index in [2.05, 4.69) is 0 Å². The van der Waals surface area contributed by atoms with Crippen molar-refractivity contribution in [1.82, 2.24) is 0 Å². The largest absolute Gasteiger partial charge is 0.207 e. The molecule has 0 unspecified atom stereocenters. The molecule has 0 radical (unpaired) electrons. The summed E-state index contributed by atoms with van der Waals surface area (Å²) >= 11 is 5.65. The molecule has 1 aromatic carbocycles. The highest BCUT2D eigenvalue weighted by Gasteiger charge is 1.97. The molecular formula is C9H5ClFN. The predicted molar refractivity (Wildman–Crippen MR) is 45.8 cm³/mol. The van der Waals surface area contributed by atoms with Crippen LogP contribution in [0.4, 0.5) is 4.39 Å². The summed E-state index contributed by atoms with van der Waals surface area (Å²) in [5.74, 6) is -0.364. The number of hydrogen-bond acceptors (Lipinski definition) is 1. The van der Waals surface area contributed by atoms with Crippen LogP contribution < -0.4 is 0 Å². The van der Waals surface area contributed by atoms with E-state index in [1.165, 1.54) is 18.2 Å². The fourth-order valence-corrected chi connectivity index (χ4v) is 0.943. The van der Waals surface area contributed by atoms with Gasteiger partial charge in [0.2, 0.25) is 0 Å². The Bertz CT molecular complexity index is 352. The minimum atomic E-state index is -0.364. The third-order valence-electron chi connectivity index (χ3n) is 1.29. The molecule has 0 aromatic heterocycles. The molecule has 0 aliphatic heterocycles. The molecule has 0 heterocycles. The molecule has 0 spiro atoms. The molecule has 1 rings (SSSR count). The maximum Gasteiger partial charge on any atom is 0.123 e. The summed E-state index contributed by atoms with van der Waals surface area (Å²) in [5.41, 5.74) is 0.512. The monoisotopic (exact) mass is 181 g/mol.